The molecule has 0 unspecified atom stereocenters. The Hall–Kier alpha value is -2.73. The van der Waals surface area contributed by atoms with Crippen molar-refractivity contribution in [2.45, 2.75) is 6.42 Å². The van der Waals surface area contributed by atoms with E-state index in [1.807, 2.05) is 24.2 Å². The highest BCUT2D eigenvalue weighted by atomic mass is 16.5. The normalized spacial score (nSPS) is 18.0. The second-order valence-corrected chi connectivity index (χ2v) is 6.85. The molecule has 1 saturated heterocycles. The Labute approximate surface area is 152 Å². The Morgan fingerprint density at radius 3 is 3.08 bits per heavy atom. The molecule has 0 radical (unpaired) electrons. The molecule has 6 nitrogen and oxygen atoms in total. The van der Waals surface area contributed by atoms with Crippen LogP contribution in [0.5, 0.6) is 0 Å². The number of imidazole rings is 1. The summed E-state index contributed by atoms with van der Waals surface area (Å²) in [6, 6.07) is 10.4. The molecule has 2 aromatic heterocycles. The summed E-state index contributed by atoms with van der Waals surface area (Å²) < 4.78 is 7.55. The minimum Gasteiger partial charge on any atom is -0.379 e. The van der Waals surface area contributed by atoms with Gasteiger partial charge in [0, 0.05) is 43.8 Å². The Kier molecular flexibility index (Phi) is 4.67. The summed E-state index contributed by atoms with van der Waals surface area (Å²) in [6.07, 6.45) is 6.10. The van der Waals surface area contributed by atoms with Crippen LogP contribution < -0.4 is 0 Å². The van der Waals surface area contributed by atoms with Crippen LogP contribution in [0.1, 0.15) is 16.1 Å². The van der Waals surface area contributed by atoms with Gasteiger partial charge in [-0.05, 0) is 30.2 Å². The molecule has 26 heavy (non-hydrogen) atoms. The molecule has 0 saturated carbocycles. The largest absolute Gasteiger partial charge is 0.379 e. The zero-order chi connectivity index (χ0) is 17.9. The van der Waals surface area contributed by atoms with Crippen LogP contribution in [0.3, 0.4) is 0 Å². The third kappa shape index (κ3) is 3.60. The van der Waals surface area contributed by atoms with E-state index in [1.54, 1.807) is 17.1 Å². The summed E-state index contributed by atoms with van der Waals surface area (Å²) in [6.45, 7) is 2.52. The van der Waals surface area contributed by atoms with Gasteiger partial charge in [0.25, 0.3) is 5.91 Å². The Morgan fingerprint density at radius 2 is 2.23 bits per heavy atom. The molecule has 1 aliphatic heterocycles. The minimum atomic E-state index is -0.0242. The molecule has 0 aliphatic carbocycles. The first-order valence-corrected chi connectivity index (χ1v) is 8.88. The van der Waals surface area contributed by atoms with Crippen LogP contribution in [0.25, 0.3) is 10.9 Å². The fourth-order valence-electron chi connectivity index (χ4n) is 3.46. The van der Waals surface area contributed by atoms with E-state index in [4.69, 9.17) is 4.74 Å². The molecule has 0 N–H and O–H groups in total. The highest BCUT2D eigenvalue weighted by molar-refractivity contribution is 5.92. The lowest BCUT2D eigenvalue weighted by molar-refractivity contribution is 0.0732. The number of fused-ring (bicyclic) bond motifs is 1. The highest BCUT2D eigenvalue weighted by Gasteiger charge is 2.24. The van der Waals surface area contributed by atoms with Gasteiger partial charge >= 0.3 is 0 Å². The number of carbonyl (C=O) groups excluding carboxylic acids is 1. The average molecular weight is 350 g/mol. The van der Waals surface area contributed by atoms with Gasteiger partial charge in [0.1, 0.15) is 5.69 Å². The third-order valence-electron chi connectivity index (χ3n) is 4.74. The van der Waals surface area contributed by atoms with Gasteiger partial charge in [-0.15, -0.1) is 0 Å². The van der Waals surface area contributed by atoms with Gasteiger partial charge in [-0.3, -0.25) is 9.78 Å². The second-order valence-electron chi connectivity index (χ2n) is 6.85. The number of amides is 1. The van der Waals surface area contributed by atoms with E-state index in [-0.39, 0.29) is 11.8 Å². The van der Waals surface area contributed by atoms with Crippen LogP contribution in [0.2, 0.25) is 0 Å². The summed E-state index contributed by atoms with van der Waals surface area (Å²) in [5, 5.41) is 1.14. The summed E-state index contributed by atoms with van der Waals surface area (Å²) in [4.78, 5) is 23.1. The van der Waals surface area contributed by atoms with Gasteiger partial charge < -0.3 is 14.2 Å². The van der Waals surface area contributed by atoms with Crippen molar-refractivity contribution in [1.82, 2.24) is 19.4 Å². The second kappa shape index (κ2) is 7.25. The van der Waals surface area contributed by atoms with Crippen molar-refractivity contribution in [1.29, 1.82) is 0 Å². The molecule has 3 heterocycles. The van der Waals surface area contributed by atoms with Crippen LogP contribution in [0, 0.1) is 5.92 Å². The molecule has 1 aromatic carbocycles. The van der Waals surface area contributed by atoms with E-state index in [2.05, 4.69) is 34.2 Å². The van der Waals surface area contributed by atoms with Crippen LogP contribution in [-0.2, 0) is 18.2 Å². The lowest BCUT2D eigenvalue weighted by Gasteiger charge is -2.23. The van der Waals surface area contributed by atoms with E-state index in [1.165, 1.54) is 5.56 Å². The molecular formula is C20H22N4O2. The highest BCUT2D eigenvalue weighted by Crippen LogP contribution is 2.19. The molecule has 3 aromatic rings. The summed E-state index contributed by atoms with van der Waals surface area (Å²) in [5.41, 5.74) is 2.73. The van der Waals surface area contributed by atoms with E-state index in [0.29, 0.717) is 32.0 Å². The molecule has 4 rings (SSSR count). The van der Waals surface area contributed by atoms with Crippen molar-refractivity contribution in [3.63, 3.8) is 0 Å². The lowest BCUT2D eigenvalue weighted by atomic mass is 9.98. The van der Waals surface area contributed by atoms with E-state index < -0.39 is 0 Å². The molecule has 1 fully saturated rings. The Morgan fingerprint density at radius 1 is 1.31 bits per heavy atom. The van der Waals surface area contributed by atoms with Crippen molar-refractivity contribution in [3.8, 4) is 0 Å². The molecular weight excluding hydrogens is 328 g/mol. The van der Waals surface area contributed by atoms with Gasteiger partial charge in [0.2, 0.25) is 0 Å². The Bertz CT molecular complexity index is 921. The first-order valence-electron chi connectivity index (χ1n) is 8.88. The van der Waals surface area contributed by atoms with Gasteiger partial charge in [0.15, 0.2) is 0 Å². The topological polar surface area (TPSA) is 60.2 Å². The predicted octanol–water partition coefficient (Wildman–Crippen LogP) is 2.30. The maximum atomic E-state index is 12.7. The van der Waals surface area contributed by atoms with E-state index >= 15 is 0 Å². The van der Waals surface area contributed by atoms with Crippen molar-refractivity contribution in [2.75, 3.05) is 26.3 Å². The number of aromatic nitrogens is 3. The standard InChI is InChI=1S/C20H22N4O2/c1-23-12-19(22-14-23)20(25)24-7-8-26-13-16(11-24)9-15-4-5-18-17(10-15)3-2-6-21-18/h2-6,10,12,14,16H,7-9,11,13H2,1H3/t16-/m1/s1. The van der Waals surface area contributed by atoms with E-state index in [9.17, 15) is 4.79 Å². The zero-order valence-corrected chi connectivity index (χ0v) is 14.8. The fraction of sp³-hybridized carbons (Fsp3) is 0.350. The zero-order valence-electron chi connectivity index (χ0n) is 14.8. The smallest absolute Gasteiger partial charge is 0.274 e. The maximum Gasteiger partial charge on any atom is 0.274 e. The van der Waals surface area contributed by atoms with Crippen LogP contribution in [0.15, 0.2) is 49.1 Å². The minimum absolute atomic E-state index is 0.0242. The number of rotatable bonds is 3. The molecule has 1 amide bonds. The number of ether oxygens (including phenoxy) is 1. The summed E-state index contributed by atoms with van der Waals surface area (Å²) in [5.74, 6) is 0.239. The van der Waals surface area contributed by atoms with Crippen molar-refractivity contribution in [2.24, 2.45) is 13.0 Å². The SMILES string of the molecule is Cn1cnc(C(=O)N2CCOC[C@H](Cc3ccc4ncccc4c3)C2)c1. The monoisotopic (exact) mass is 350 g/mol. The van der Waals surface area contributed by atoms with Crippen LogP contribution >= 0.6 is 0 Å². The first-order chi connectivity index (χ1) is 12.7. The number of carbonyl (C=O) groups is 1. The quantitative estimate of drug-likeness (QED) is 0.727. The molecule has 1 aliphatic rings. The van der Waals surface area contributed by atoms with Crippen molar-refractivity contribution < 1.29 is 9.53 Å². The van der Waals surface area contributed by atoms with Crippen LogP contribution in [-0.4, -0.2) is 51.6 Å². The summed E-state index contributed by atoms with van der Waals surface area (Å²) >= 11 is 0. The van der Waals surface area contributed by atoms with E-state index in [0.717, 1.165) is 17.3 Å². The predicted molar refractivity (Wildman–Crippen MR) is 98.9 cm³/mol. The van der Waals surface area contributed by atoms with Crippen molar-refractivity contribution in [3.05, 3.63) is 60.3 Å². The number of nitrogens with zero attached hydrogens (tertiary/aromatic N) is 4. The maximum absolute atomic E-state index is 12.7. The Balaban J connectivity index is 1.49. The fourth-order valence-corrected chi connectivity index (χ4v) is 3.46. The number of pyridine rings is 1. The van der Waals surface area contributed by atoms with Gasteiger partial charge in [-0.1, -0.05) is 12.1 Å². The number of hydrogen-bond donors (Lipinski definition) is 0. The molecule has 0 bridgehead atoms. The first kappa shape index (κ1) is 16.7. The van der Waals surface area contributed by atoms with Crippen molar-refractivity contribution >= 4 is 16.8 Å². The lowest BCUT2D eigenvalue weighted by Crippen LogP contribution is -2.36. The van der Waals surface area contributed by atoms with Gasteiger partial charge in [-0.25, -0.2) is 4.98 Å². The number of benzene rings is 1. The van der Waals surface area contributed by atoms with Gasteiger partial charge in [-0.2, -0.15) is 0 Å². The number of aryl methyl sites for hydroxylation is 1. The molecule has 0 spiro atoms. The molecule has 6 heteroatoms. The summed E-state index contributed by atoms with van der Waals surface area (Å²) in [7, 11) is 1.87. The third-order valence-corrected chi connectivity index (χ3v) is 4.74. The number of hydrogen-bond acceptors (Lipinski definition) is 4. The molecule has 1 atom stereocenters. The van der Waals surface area contributed by atoms with Gasteiger partial charge in [0.05, 0.1) is 25.1 Å². The average Bonchev–Trinajstić information content (AvgIpc) is 2.96. The van der Waals surface area contributed by atoms with Crippen LogP contribution in [0.4, 0.5) is 0 Å². The molecule has 134 valence electrons.